The molecule has 1 aliphatic carbocycles. The first-order valence-electron chi connectivity index (χ1n) is 20.7. The molecule has 2 aromatic heterocycles. The van der Waals surface area contributed by atoms with E-state index in [9.17, 15) is 24.0 Å². The number of pyridine rings is 2. The maximum absolute atomic E-state index is 13.3. The van der Waals surface area contributed by atoms with Crippen LogP contribution < -0.4 is 25.2 Å². The minimum absolute atomic E-state index is 0.0693. The van der Waals surface area contributed by atoms with Gasteiger partial charge in [-0.25, -0.2) is 9.83 Å². The summed E-state index contributed by atoms with van der Waals surface area (Å²) in [5, 5.41) is 6.24. The molecule has 5 aliphatic rings. The summed E-state index contributed by atoms with van der Waals surface area (Å²) in [5.74, 6) is -0.0203. The fraction of sp³-hybridized carbons (Fsp3) is 0.422. The minimum Gasteiger partial charge on any atom is -0.489 e. The van der Waals surface area contributed by atoms with Gasteiger partial charge in [0.05, 0.1) is 28.8 Å². The molecule has 6 heterocycles. The zero-order valence-corrected chi connectivity index (χ0v) is 33.7. The van der Waals surface area contributed by atoms with Crippen LogP contribution in [-0.4, -0.2) is 113 Å². The molecule has 308 valence electrons. The summed E-state index contributed by atoms with van der Waals surface area (Å²) in [7, 11) is 0. The molecule has 60 heavy (non-hydrogen) atoms. The average molecular weight is 810 g/mol. The molecule has 4 aromatic rings. The van der Waals surface area contributed by atoms with Crippen LogP contribution in [0.25, 0.3) is 15.7 Å². The molecule has 4 aliphatic heterocycles. The highest BCUT2D eigenvalue weighted by Crippen LogP contribution is 2.45. The van der Waals surface area contributed by atoms with Crippen LogP contribution in [0.4, 0.5) is 17.2 Å². The molecule has 0 radical (unpaired) electrons. The Morgan fingerprint density at radius 1 is 0.917 bits per heavy atom. The highest BCUT2D eigenvalue weighted by molar-refractivity contribution is 6.23. The number of hydrogen-bond acceptors (Lipinski definition) is 11. The van der Waals surface area contributed by atoms with Gasteiger partial charge in [0.15, 0.2) is 0 Å². The van der Waals surface area contributed by atoms with E-state index in [0.29, 0.717) is 46.0 Å². The fourth-order valence-corrected chi connectivity index (χ4v) is 9.31. The third kappa shape index (κ3) is 7.19. The topological polar surface area (TPSA) is 162 Å². The number of aromatic nitrogens is 2. The molecule has 15 nitrogen and oxygen atoms in total. The highest BCUT2D eigenvalue weighted by atomic mass is 16.5. The first-order chi connectivity index (χ1) is 29.0. The molecule has 5 amide bonds. The average Bonchev–Trinajstić information content (AvgIpc) is 3.51. The van der Waals surface area contributed by atoms with Gasteiger partial charge in [0.25, 0.3) is 17.7 Å². The van der Waals surface area contributed by atoms with Crippen LogP contribution in [-0.2, 0) is 9.59 Å². The van der Waals surface area contributed by atoms with Gasteiger partial charge in [-0.05, 0) is 73.7 Å². The van der Waals surface area contributed by atoms with Crippen molar-refractivity contribution in [3.63, 3.8) is 0 Å². The molecular formula is C45H47N9O6. The van der Waals surface area contributed by atoms with E-state index in [1.807, 2.05) is 36.4 Å². The van der Waals surface area contributed by atoms with Crippen molar-refractivity contribution >= 4 is 57.6 Å². The van der Waals surface area contributed by atoms with Gasteiger partial charge in [0.2, 0.25) is 17.5 Å². The first-order valence-corrected chi connectivity index (χ1v) is 20.7. The third-order valence-electron chi connectivity index (χ3n) is 13.2. The monoisotopic (exact) mass is 809 g/mol. The van der Waals surface area contributed by atoms with E-state index in [1.54, 1.807) is 30.6 Å². The number of nitrogens with zero attached hydrogens (tertiary/aromatic N) is 7. The van der Waals surface area contributed by atoms with Crippen LogP contribution in [0.3, 0.4) is 0 Å². The van der Waals surface area contributed by atoms with Crippen LogP contribution in [0.2, 0.25) is 0 Å². The lowest BCUT2D eigenvalue weighted by atomic mass is 9.64. The van der Waals surface area contributed by atoms with E-state index in [4.69, 9.17) is 16.3 Å². The SMILES string of the molecule is [C-]#[N+]c1ccc(O[C@H]2CC(NC(=O)c3ccc(N4CCC(CN5CCN(c6ccc7c(c6)C(=O)N(C6CCC(=O)NC6=O)C7=O)CC5)CC4)nc3)C2(C)C)c2cccnc12. The summed E-state index contributed by atoms with van der Waals surface area (Å²) >= 11 is 0. The number of rotatable bonds is 9. The number of benzene rings is 2. The van der Waals surface area contributed by atoms with Gasteiger partial charge in [-0.2, -0.15) is 0 Å². The Morgan fingerprint density at radius 3 is 2.42 bits per heavy atom. The number of amides is 5. The number of anilines is 2. The maximum atomic E-state index is 13.3. The van der Waals surface area contributed by atoms with E-state index in [0.717, 1.165) is 80.4 Å². The summed E-state index contributed by atoms with van der Waals surface area (Å²) in [5.41, 5.74) is 2.79. The van der Waals surface area contributed by atoms with Crippen molar-refractivity contribution in [2.75, 3.05) is 55.6 Å². The molecule has 4 fully saturated rings. The Hall–Kier alpha value is -6.40. The number of imide groups is 2. The summed E-state index contributed by atoms with van der Waals surface area (Å²) in [6.45, 7) is 17.8. The Kier molecular flexibility index (Phi) is 10.2. The number of carbonyl (C=O) groups excluding carboxylic acids is 5. The van der Waals surface area contributed by atoms with Gasteiger partial charge in [0, 0.05) is 93.6 Å². The van der Waals surface area contributed by atoms with Gasteiger partial charge in [-0.15, -0.1) is 0 Å². The third-order valence-corrected chi connectivity index (χ3v) is 13.2. The standard InChI is InChI=1S/C45H47N9O6/c1-45(2)36(24-37(45)60-35-11-9-33(46-3)40-31(35)5-4-16-47-40)49-41(56)28-6-12-38(48-25-28)53-17-14-27(15-18-53)26-51-19-21-52(22-20-51)29-7-8-30-32(23-29)44(59)54(43(30)58)34-10-13-39(55)50-42(34)57/h4-9,11-12,16,23,25,27,34,36-37H,10,13-15,17-22,24,26H2,1-2H3,(H,49,56)(H,50,55,57)/t34?,36?,37-/m0/s1. The van der Waals surface area contributed by atoms with Gasteiger partial charge in [-0.3, -0.25) is 44.1 Å². The lowest BCUT2D eigenvalue weighted by molar-refractivity contribution is -0.136. The zero-order chi connectivity index (χ0) is 41.7. The Balaban J connectivity index is 0.721. The summed E-state index contributed by atoms with van der Waals surface area (Å²) in [4.78, 5) is 84.6. The van der Waals surface area contributed by atoms with Crippen molar-refractivity contribution in [1.29, 1.82) is 0 Å². The molecule has 1 saturated carbocycles. The maximum Gasteiger partial charge on any atom is 0.262 e. The van der Waals surface area contributed by atoms with Crippen molar-refractivity contribution < 1.29 is 28.7 Å². The summed E-state index contributed by atoms with van der Waals surface area (Å²) < 4.78 is 6.44. The normalized spacial score (nSPS) is 23.2. The molecule has 2 N–H and O–H groups in total. The van der Waals surface area contributed by atoms with Crippen LogP contribution in [0.15, 0.2) is 67.0 Å². The molecule has 0 spiro atoms. The lowest BCUT2D eigenvalue weighted by Crippen LogP contribution is -2.63. The predicted octanol–water partition coefficient (Wildman–Crippen LogP) is 4.60. The number of hydrogen-bond donors (Lipinski definition) is 2. The molecule has 0 bridgehead atoms. The molecule has 9 rings (SSSR count). The Labute approximate surface area is 347 Å². The largest absolute Gasteiger partial charge is 0.489 e. The Morgan fingerprint density at radius 2 is 1.70 bits per heavy atom. The Bertz CT molecular complexity index is 2430. The number of piperidine rings is 2. The summed E-state index contributed by atoms with van der Waals surface area (Å²) in [6.07, 6.45) is 6.21. The fourth-order valence-electron chi connectivity index (χ4n) is 9.31. The van der Waals surface area contributed by atoms with Gasteiger partial charge in [-0.1, -0.05) is 19.9 Å². The highest BCUT2D eigenvalue weighted by Gasteiger charge is 2.51. The number of nitrogens with one attached hydrogen (secondary N) is 2. The predicted molar refractivity (Wildman–Crippen MR) is 223 cm³/mol. The number of fused-ring (bicyclic) bond motifs is 2. The van der Waals surface area contributed by atoms with Crippen molar-refractivity contribution in [1.82, 2.24) is 30.4 Å². The number of carbonyl (C=O) groups is 5. The van der Waals surface area contributed by atoms with Gasteiger partial charge >= 0.3 is 0 Å². The van der Waals surface area contributed by atoms with Crippen LogP contribution in [0, 0.1) is 17.9 Å². The molecule has 3 atom stereocenters. The molecule has 15 heteroatoms. The van der Waals surface area contributed by atoms with Gasteiger partial charge < -0.3 is 19.9 Å². The molecular weight excluding hydrogens is 763 g/mol. The lowest BCUT2D eigenvalue weighted by Gasteiger charge is -2.51. The van der Waals surface area contributed by atoms with E-state index >= 15 is 0 Å². The summed E-state index contributed by atoms with van der Waals surface area (Å²) in [6, 6.07) is 15.4. The second-order valence-corrected chi connectivity index (χ2v) is 17.1. The second-order valence-electron chi connectivity index (χ2n) is 17.1. The molecule has 2 unspecified atom stereocenters. The first kappa shape index (κ1) is 39.1. The van der Waals surface area contributed by atoms with Crippen molar-refractivity contribution in [2.45, 2.75) is 64.1 Å². The smallest absolute Gasteiger partial charge is 0.262 e. The number of piperazine rings is 1. The van der Waals surface area contributed by atoms with Crippen LogP contribution in [0.1, 0.15) is 77.0 Å². The molecule has 3 saturated heterocycles. The quantitative estimate of drug-likeness (QED) is 0.180. The zero-order valence-electron chi connectivity index (χ0n) is 33.7. The molecule has 2 aromatic carbocycles. The van der Waals surface area contributed by atoms with Crippen molar-refractivity contribution in [3.05, 3.63) is 95.1 Å². The minimum atomic E-state index is -0.977. The second kappa shape index (κ2) is 15.6. The van der Waals surface area contributed by atoms with Crippen LogP contribution >= 0.6 is 0 Å². The van der Waals surface area contributed by atoms with Crippen molar-refractivity contribution in [2.24, 2.45) is 11.3 Å². The van der Waals surface area contributed by atoms with E-state index in [-0.39, 0.29) is 36.3 Å². The van der Waals surface area contributed by atoms with E-state index in [1.165, 1.54) is 0 Å². The number of ether oxygens (including phenoxy) is 1. The van der Waals surface area contributed by atoms with Crippen LogP contribution in [0.5, 0.6) is 5.75 Å². The van der Waals surface area contributed by atoms with Gasteiger partial charge in [0.1, 0.15) is 23.7 Å². The van der Waals surface area contributed by atoms with Crippen molar-refractivity contribution in [3.8, 4) is 5.75 Å². The van der Waals surface area contributed by atoms with E-state index < -0.39 is 29.7 Å². The van der Waals surface area contributed by atoms with E-state index in [2.05, 4.69) is 49.0 Å².